The van der Waals surface area contributed by atoms with Crippen molar-refractivity contribution in [2.24, 2.45) is 5.73 Å². The molecule has 98 valence electrons. The number of aliphatic hydroxyl groups is 1. The van der Waals surface area contributed by atoms with E-state index in [0.717, 1.165) is 0 Å². The van der Waals surface area contributed by atoms with Crippen LogP contribution in [0.25, 0.3) is 11.1 Å². The highest BCUT2D eigenvalue weighted by Crippen LogP contribution is 2.30. The van der Waals surface area contributed by atoms with Gasteiger partial charge in [0.1, 0.15) is 5.82 Å². The van der Waals surface area contributed by atoms with Crippen molar-refractivity contribution in [3.05, 3.63) is 58.9 Å². The van der Waals surface area contributed by atoms with Crippen LogP contribution in [0.15, 0.2) is 42.5 Å². The molecule has 2 rings (SSSR count). The monoisotopic (exact) mass is 279 g/mol. The van der Waals surface area contributed by atoms with Crippen molar-refractivity contribution in [3.63, 3.8) is 0 Å². The predicted octanol–water partition coefficient (Wildman–Crippen LogP) is 2.66. The summed E-state index contributed by atoms with van der Waals surface area (Å²) in [5, 5.41) is 10.0. The van der Waals surface area contributed by atoms with Gasteiger partial charge < -0.3 is 10.8 Å². The van der Waals surface area contributed by atoms with Crippen LogP contribution < -0.4 is 5.73 Å². The first-order valence-corrected chi connectivity index (χ1v) is 5.89. The summed E-state index contributed by atoms with van der Waals surface area (Å²) in [4.78, 5) is 11.1. The Balaban J connectivity index is 2.59. The highest BCUT2D eigenvalue weighted by Gasteiger charge is 2.18. The van der Waals surface area contributed by atoms with Gasteiger partial charge in [0.05, 0.1) is 0 Å². The fourth-order valence-electron chi connectivity index (χ4n) is 1.86. The average Bonchev–Trinajstić information content (AvgIpc) is 2.36. The number of halogens is 2. The number of rotatable bonds is 3. The Morgan fingerprint density at radius 1 is 1.26 bits per heavy atom. The first-order chi connectivity index (χ1) is 8.99. The van der Waals surface area contributed by atoms with E-state index in [1.165, 1.54) is 12.1 Å². The molecule has 0 spiro atoms. The maximum Gasteiger partial charge on any atom is 0.250 e. The molecule has 3 N–H and O–H groups in total. The highest BCUT2D eigenvalue weighted by molar-refractivity contribution is 6.30. The van der Waals surface area contributed by atoms with Gasteiger partial charge in [-0.15, -0.1) is 0 Å². The molecule has 2 aromatic rings. The Morgan fingerprint density at radius 3 is 2.58 bits per heavy atom. The zero-order valence-corrected chi connectivity index (χ0v) is 10.6. The van der Waals surface area contributed by atoms with Crippen LogP contribution in [0.1, 0.15) is 11.7 Å². The molecule has 0 bridgehead atoms. The molecule has 1 unspecified atom stereocenters. The molecule has 0 radical (unpaired) electrons. The summed E-state index contributed by atoms with van der Waals surface area (Å²) in [6.45, 7) is 0. The third-order valence-corrected chi connectivity index (χ3v) is 2.92. The number of aliphatic hydroxyl groups excluding tert-OH is 1. The summed E-state index contributed by atoms with van der Waals surface area (Å²) in [7, 11) is 0. The summed E-state index contributed by atoms with van der Waals surface area (Å²) in [5.41, 5.74) is 6.38. The second-order valence-corrected chi connectivity index (χ2v) is 4.49. The second-order valence-electron chi connectivity index (χ2n) is 4.05. The number of benzene rings is 2. The van der Waals surface area contributed by atoms with E-state index in [1.807, 2.05) is 0 Å². The standard InChI is InChI=1S/C14H11ClFNO2/c15-9-5-8(6-10(16)7-9)11-3-1-2-4-12(11)13(18)14(17)19/h1-7,13,18H,(H2,17,19). The molecule has 0 heterocycles. The van der Waals surface area contributed by atoms with E-state index < -0.39 is 17.8 Å². The Kier molecular flexibility index (Phi) is 3.83. The maximum atomic E-state index is 13.4. The predicted molar refractivity (Wildman–Crippen MR) is 71.0 cm³/mol. The molecular weight excluding hydrogens is 269 g/mol. The lowest BCUT2D eigenvalue weighted by molar-refractivity contribution is -0.126. The van der Waals surface area contributed by atoms with Gasteiger partial charge in [-0.1, -0.05) is 35.9 Å². The van der Waals surface area contributed by atoms with Crippen LogP contribution in [0.4, 0.5) is 4.39 Å². The summed E-state index contributed by atoms with van der Waals surface area (Å²) in [6, 6.07) is 10.6. The second kappa shape index (κ2) is 5.38. The molecule has 1 amide bonds. The molecule has 0 fully saturated rings. The largest absolute Gasteiger partial charge is 0.378 e. The molecule has 0 aliphatic carbocycles. The molecule has 1 atom stereocenters. The van der Waals surface area contributed by atoms with E-state index in [9.17, 15) is 14.3 Å². The zero-order chi connectivity index (χ0) is 14.0. The van der Waals surface area contributed by atoms with Gasteiger partial charge in [0.2, 0.25) is 0 Å². The summed E-state index contributed by atoms with van der Waals surface area (Å²) in [6.07, 6.45) is -1.45. The molecule has 0 aliphatic rings. The normalized spacial score (nSPS) is 12.2. The fraction of sp³-hybridized carbons (Fsp3) is 0.0714. The van der Waals surface area contributed by atoms with Gasteiger partial charge in [0.15, 0.2) is 6.10 Å². The molecule has 2 aromatic carbocycles. The van der Waals surface area contributed by atoms with Gasteiger partial charge in [-0.3, -0.25) is 4.79 Å². The van der Waals surface area contributed by atoms with Crippen LogP contribution in [-0.4, -0.2) is 11.0 Å². The molecule has 19 heavy (non-hydrogen) atoms. The van der Waals surface area contributed by atoms with Crippen molar-refractivity contribution in [2.45, 2.75) is 6.10 Å². The van der Waals surface area contributed by atoms with Crippen LogP contribution in [-0.2, 0) is 4.79 Å². The van der Waals surface area contributed by atoms with Gasteiger partial charge in [-0.05, 0) is 34.9 Å². The average molecular weight is 280 g/mol. The maximum absolute atomic E-state index is 13.4. The fourth-order valence-corrected chi connectivity index (χ4v) is 2.08. The van der Waals surface area contributed by atoms with Crippen LogP contribution in [0.3, 0.4) is 0 Å². The van der Waals surface area contributed by atoms with Gasteiger partial charge >= 0.3 is 0 Å². The summed E-state index contributed by atoms with van der Waals surface area (Å²) < 4.78 is 13.4. The lowest BCUT2D eigenvalue weighted by atomic mass is 9.96. The number of hydrogen-bond acceptors (Lipinski definition) is 2. The molecule has 0 saturated heterocycles. The third-order valence-electron chi connectivity index (χ3n) is 2.70. The van der Waals surface area contributed by atoms with E-state index >= 15 is 0 Å². The Morgan fingerprint density at radius 2 is 1.95 bits per heavy atom. The number of hydrogen-bond donors (Lipinski definition) is 2. The van der Waals surface area contributed by atoms with Crippen LogP contribution >= 0.6 is 11.6 Å². The topological polar surface area (TPSA) is 63.3 Å². The lowest BCUT2D eigenvalue weighted by Crippen LogP contribution is -2.21. The quantitative estimate of drug-likeness (QED) is 0.907. The van der Waals surface area contributed by atoms with Crippen molar-refractivity contribution in [2.75, 3.05) is 0 Å². The molecular formula is C14H11ClFNO2. The lowest BCUT2D eigenvalue weighted by Gasteiger charge is -2.13. The van der Waals surface area contributed by atoms with E-state index in [4.69, 9.17) is 17.3 Å². The van der Waals surface area contributed by atoms with Gasteiger partial charge in [-0.25, -0.2) is 4.39 Å². The van der Waals surface area contributed by atoms with Gasteiger partial charge in [0.25, 0.3) is 5.91 Å². The number of carbonyl (C=O) groups excluding carboxylic acids is 1. The minimum absolute atomic E-state index is 0.235. The SMILES string of the molecule is NC(=O)C(O)c1ccccc1-c1cc(F)cc(Cl)c1. The van der Waals surface area contributed by atoms with Crippen LogP contribution in [0.5, 0.6) is 0 Å². The molecule has 0 saturated carbocycles. The Bertz CT molecular complexity index is 610. The van der Waals surface area contributed by atoms with E-state index in [-0.39, 0.29) is 5.02 Å². The van der Waals surface area contributed by atoms with Crippen LogP contribution in [0.2, 0.25) is 5.02 Å². The van der Waals surface area contributed by atoms with Crippen molar-refractivity contribution in [3.8, 4) is 11.1 Å². The molecule has 5 heteroatoms. The number of nitrogens with two attached hydrogens (primary N) is 1. The Hall–Kier alpha value is -1.91. The third kappa shape index (κ3) is 2.92. The number of primary amides is 1. The van der Waals surface area contributed by atoms with Crippen molar-refractivity contribution < 1.29 is 14.3 Å². The van der Waals surface area contributed by atoms with Crippen molar-refractivity contribution in [1.82, 2.24) is 0 Å². The van der Waals surface area contributed by atoms with Crippen molar-refractivity contribution in [1.29, 1.82) is 0 Å². The molecule has 0 aromatic heterocycles. The van der Waals surface area contributed by atoms with Gasteiger partial charge in [0, 0.05) is 5.02 Å². The van der Waals surface area contributed by atoms with E-state index in [2.05, 4.69) is 0 Å². The first kappa shape index (κ1) is 13.5. The summed E-state index contributed by atoms with van der Waals surface area (Å²) >= 11 is 5.80. The van der Waals surface area contributed by atoms with E-state index in [0.29, 0.717) is 16.7 Å². The smallest absolute Gasteiger partial charge is 0.250 e. The Labute approximate surface area is 114 Å². The number of carbonyl (C=O) groups is 1. The minimum atomic E-state index is -1.45. The highest BCUT2D eigenvalue weighted by atomic mass is 35.5. The summed E-state index contributed by atoms with van der Waals surface area (Å²) in [5.74, 6) is -1.36. The zero-order valence-electron chi connectivity index (χ0n) is 9.81. The van der Waals surface area contributed by atoms with Crippen LogP contribution in [0, 0.1) is 5.82 Å². The minimum Gasteiger partial charge on any atom is -0.378 e. The first-order valence-electron chi connectivity index (χ1n) is 5.52. The van der Waals surface area contributed by atoms with Crippen molar-refractivity contribution >= 4 is 17.5 Å². The number of amides is 1. The molecule has 0 aliphatic heterocycles. The molecule has 3 nitrogen and oxygen atoms in total. The van der Waals surface area contributed by atoms with E-state index in [1.54, 1.807) is 30.3 Å². The van der Waals surface area contributed by atoms with Gasteiger partial charge in [-0.2, -0.15) is 0 Å².